The SMILES string of the molecule is CCCc1nc(Cl)c(C)c(N2CCCCC2C(N)=O)n1. The normalized spacial score (nSPS) is 19.1. The zero-order valence-corrected chi connectivity index (χ0v) is 12.8. The van der Waals surface area contributed by atoms with Crippen molar-refractivity contribution in [1.82, 2.24) is 9.97 Å². The van der Waals surface area contributed by atoms with Gasteiger partial charge in [0, 0.05) is 18.5 Å². The van der Waals surface area contributed by atoms with Crippen LogP contribution in [0.3, 0.4) is 0 Å². The lowest BCUT2D eigenvalue weighted by atomic mass is 10.0. The van der Waals surface area contributed by atoms with Gasteiger partial charge in [-0.25, -0.2) is 9.97 Å². The van der Waals surface area contributed by atoms with Crippen molar-refractivity contribution in [2.45, 2.75) is 52.0 Å². The maximum atomic E-state index is 11.6. The van der Waals surface area contributed by atoms with Crippen LogP contribution in [0.2, 0.25) is 5.15 Å². The first-order chi connectivity index (χ1) is 9.54. The van der Waals surface area contributed by atoms with Crippen LogP contribution >= 0.6 is 11.6 Å². The third-order valence-electron chi connectivity index (χ3n) is 3.68. The van der Waals surface area contributed by atoms with E-state index in [0.29, 0.717) is 5.15 Å². The average Bonchev–Trinajstić information content (AvgIpc) is 2.43. The lowest BCUT2D eigenvalue weighted by Gasteiger charge is -2.35. The summed E-state index contributed by atoms with van der Waals surface area (Å²) in [4.78, 5) is 22.5. The van der Waals surface area contributed by atoms with Crippen LogP contribution < -0.4 is 10.6 Å². The van der Waals surface area contributed by atoms with Gasteiger partial charge in [0.2, 0.25) is 5.91 Å². The minimum Gasteiger partial charge on any atom is -0.368 e. The Morgan fingerprint density at radius 3 is 2.85 bits per heavy atom. The van der Waals surface area contributed by atoms with E-state index in [-0.39, 0.29) is 11.9 Å². The molecule has 1 atom stereocenters. The molecule has 1 aliphatic heterocycles. The Morgan fingerprint density at radius 2 is 2.20 bits per heavy atom. The Balaban J connectivity index is 2.40. The Kier molecular flexibility index (Phi) is 4.81. The molecule has 1 aromatic rings. The van der Waals surface area contributed by atoms with Gasteiger partial charge in [-0.3, -0.25) is 4.79 Å². The molecule has 1 aliphatic rings. The molecule has 0 bridgehead atoms. The van der Waals surface area contributed by atoms with E-state index in [9.17, 15) is 4.79 Å². The molecule has 1 amide bonds. The Labute approximate surface area is 124 Å². The molecule has 1 aromatic heterocycles. The molecule has 1 saturated heterocycles. The quantitative estimate of drug-likeness (QED) is 0.865. The number of hydrogen-bond donors (Lipinski definition) is 1. The highest BCUT2D eigenvalue weighted by Crippen LogP contribution is 2.29. The molecule has 20 heavy (non-hydrogen) atoms. The molecule has 6 heteroatoms. The van der Waals surface area contributed by atoms with Crippen LogP contribution in [0.1, 0.15) is 44.0 Å². The van der Waals surface area contributed by atoms with Gasteiger partial charge in [-0.15, -0.1) is 0 Å². The van der Waals surface area contributed by atoms with Gasteiger partial charge >= 0.3 is 0 Å². The van der Waals surface area contributed by atoms with Crippen molar-refractivity contribution in [3.8, 4) is 0 Å². The second-order valence-electron chi connectivity index (χ2n) is 5.24. The fourth-order valence-corrected chi connectivity index (χ4v) is 2.80. The minimum atomic E-state index is -0.295. The van der Waals surface area contributed by atoms with Crippen molar-refractivity contribution in [1.29, 1.82) is 0 Å². The van der Waals surface area contributed by atoms with E-state index in [1.54, 1.807) is 0 Å². The lowest BCUT2D eigenvalue weighted by molar-refractivity contribution is -0.119. The van der Waals surface area contributed by atoms with E-state index in [0.717, 1.165) is 55.9 Å². The van der Waals surface area contributed by atoms with E-state index in [4.69, 9.17) is 17.3 Å². The summed E-state index contributed by atoms with van der Waals surface area (Å²) in [6.45, 7) is 4.75. The maximum Gasteiger partial charge on any atom is 0.240 e. The molecule has 2 N–H and O–H groups in total. The number of amides is 1. The van der Waals surface area contributed by atoms with Gasteiger partial charge in [-0.1, -0.05) is 18.5 Å². The zero-order valence-electron chi connectivity index (χ0n) is 12.0. The van der Waals surface area contributed by atoms with Crippen LogP contribution in [0.25, 0.3) is 0 Å². The molecule has 0 aromatic carbocycles. The van der Waals surface area contributed by atoms with Gasteiger partial charge in [-0.05, 0) is 32.6 Å². The number of piperidine rings is 1. The number of halogens is 1. The van der Waals surface area contributed by atoms with E-state index >= 15 is 0 Å². The van der Waals surface area contributed by atoms with Crippen LogP contribution in [0.15, 0.2) is 0 Å². The van der Waals surface area contributed by atoms with E-state index in [1.807, 2.05) is 11.8 Å². The number of nitrogens with two attached hydrogens (primary N) is 1. The third kappa shape index (κ3) is 3.03. The van der Waals surface area contributed by atoms with Gasteiger partial charge < -0.3 is 10.6 Å². The van der Waals surface area contributed by atoms with Crippen molar-refractivity contribution in [2.24, 2.45) is 5.73 Å². The monoisotopic (exact) mass is 296 g/mol. The molecule has 5 nitrogen and oxygen atoms in total. The van der Waals surface area contributed by atoms with Crippen LogP contribution in [0.5, 0.6) is 0 Å². The first kappa shape index (κ1) is 15.0. The number of aromatic nitrogens is 2. The third-order valence-corrected chi connectivity index (χ3v) is 4.05. The lowest BCUT2D eigenvalue weighted by Crippen LogP contribution is -2.48. The molecule has 0 radical (unpaired) electrons. The first-order valence-corrected chi connectivity index (χ1v) is 7.51. The van der Waals surface area contributed by atoms with Gasteiger partial charge in [0.15, 0.2) is 0 Å². The number of nitrogens with zero attached hydrogens (tertiary/aromatic N) is 3. The highest BCUT2D eigenvalue weighted by atomic mass is 35.5. The predicted molar refractivity (Wildman–Crippen MR) is 80.0 cm³/mol. The van der Waals surface area contributed by atoms with Crippen LogP contribution in [-0.2, 0) is 11.2 Å². The molecule has 0 aliphatic carbocycles. The largest absolute Gasteiger partial charge is 0.368 e. The van der Waals surface area contributed by atoms with Crippen molar-refractivity contribution >= 4 is 23.3 Å². The van der Waals surface area contributed by atoms with Crippen molar-refractivity contribution < 1.29 is 4.79 Å². The zero-order chi connectivity index (χ0) is 14.7. The number of aryl methyl sites for hydroxylation is 1. The average molecular weight is 297 g/mol. The van der Waals surface area contributed by atoms with Crippen molar-refractivity contribution in [2.75, 3.05) is 11.4 Å². The summed E-state index contributed by atoms with van der Waals surface area (Å²) >= 11 is 6.21. The highest BCUT2D eigenvalue weighted by molar-refractivity contribution is 6.30. The summed E-state index contributed by atoms with van der Waals surface area (Å²) in [5.74, 6) is 1.19. The standard InChI is InChI=1S/C14H21ClN4O/c1-3-6-11-17-12(15)9(2)14(18-11)19-8-5-4-7-10(19)13(16)20/h10H,3-8H2,1-2H3,(H2,16,20). The fraction of sp³-hybridized carbons (Fsp3) is 0.643. The number of primary amides is 1. The molecule has 0 saturated carbocycles. The molecule has 0 spiro atoms. The van der Waals surface area contributed by atoms with E-state index in [2.05, 4.69) is 16.9 Å². The molecule has 2 heterocycles. The summed E-state index contributed by atoms with van der Waals surface area (Å²) in [6, 6.07) is -0.289. The summed E-state index contributed by atoms with van der Waals surface area (Å²) in [6.07, 6.45) is 4.57. The molecule has 2 rings (SSSR count). The Hall–Kier alpha value is -1.36. The summed E-state index contributed by atoms with van der Waals surface area (Å²) in [7, 11) is 0. The van der Waals surface area contributed by atoms with Crippen LogP contribution in [-0.4, -0.2) is 28.5 Å². The fourth-order valence-electron chi connectivity index (χ4n) is 2.62. The molecular formula is C14H21ClN4O. The molecular weight excluding hydrogens is 276 g/mol. The molecule has 110 valence electrons. The van der Waals surface area contributed by atoms with Crippen molar-refractivity contribution in [3.63, 3.8) is 0 Å². The second kappa shape index (κ2) is 6.39. The molecule has 1 unspecified atom stereocenters. The Bertz CT molecular complexity index is 506. The minimum absolute atomic E-state index is 0.289. The van der Waals surface area contributed by atoms with Gasteiger partial charge in [-0.2, -0.15) is 0 Å². The Morgan fingerprint density at radius 1 is 1.45 bits per heavy atom. The maximum absolute atomic E-state index is 11.6. The summed E-state index contributed by atoms with van der Waals surface area (Å²) < 4.78 is 0. The summed E-state index contributed by atoms with van der Waals surface area (Å²) in [5, 5.41) is 0.465. The van der Waals surface area contributed by atoms with E-state index in [1.165, 1.54) is 0 Å². The number of hydrogen-bond acceptors (Lipinski definition) is 4. The predicted octanol–water partition coefficient (Wildman–Crippen LogP) is 2.24. The number of rotatable bonds is 4. The topological polar surface area (TPSA) is 72.1 Å². The first-order valence-electron chi connectivity index (χ1n) is 7.13. The number of carbonyl (C=O) groups is 1. The second-order valence-corrected chi connectivity index (χ2v) is 5.59. The highest BCUT2D eigenvalue weighted by Gasteiger charge is 2.29. The number of carbonyl (C=O) groups excluding carboxylic acids is 1. The summed E-state index contributed by atoms with van der Waals surface area (Å²) in [5.41, 5.74) is 6.34. The van der Waals surface area contributed by atoms with Crippen LogP contribution in [0.4, 0.5) is 5.82 Å². The van der Waals surface area contributed by atoms with Crippen molar-refractivity contribution in [3.05, 3.63) is 16.5 Å². The smallest absolute Gasteiger partial charge is 0.240 e. The van der Waals surface area contributed by atoms with Gasteiger partial charge in [0.05, 0.1) is 0 Å². The van der Waals surface area contributed by atoms with Gasteiger partial charge in [0.25, 0.3) is 0 Å². The van der Waals surface area contributed by atoms with E-state index < -0.39 is 0 Å². The number of anilines is 1. The van der Waals surface area contributed by atoms with Gasteiger partial charge in [0.1, 0.15) is 22.8 Å². The molecule has 1 fully saturated rings. The van der Waals surface area contributed by atoms with Crippen LogP contribution in [0, 0.1) is 6.92 Å².